The lowest BCUT2D eigenvalue weighted by atomic mass is 10.2. The highest BCUT2D eigenvalue weighted by Gasteiger charge is 2.08. The van der Waals surface area contributed by atoms with Gasteiger partial charge in [-0.1, -0.05) is 0 Å². The van der Waals surface area contributed by atoms with E-state index in [-0.39, 0.29) is 5.75 Å². The number of aromatic nitrogens is 1. The van der Waals surface area contributed by atoms with Crippen molar-refractivity contribution in [2.75, 3.05) is 18.0 Å². The second-order valence-corrected chi connectivity index (χ2v) is 5.30. The van der Waals surface area contributed by atoms with Crippen molar-refractivity contribution >= 4 is 33.1 Å². The predicted molar refractivity (Wildman–Crippen MR) is 87.8 cm³/mol. The Bertz CT molecular complexity index is 624. The first kappa shape index (κ1) is 15.4. The summed E-state index contributed by atoms with van der Waals surface area (Å²) < 4.78 is 0.898. The summed E-state index contributed by atoms with van der Waals surface area (Å²) in [5.41, 5.74) is 1.44. The van der Waals surface area contributed by atoms with Crippen LogP contribution in [-0.4, -0.2) is 23.2 Å². The van der Waals surface area contributed by atoms with Crippen LogP contribution >= 0.6 is 15.9 Å². The molecule has 1 aromatic carbocycles. The van der Waals surface area contributed by atoms with Crippen LogP contribution < -0.4 is 4.90 Å². The first-order chi connectivity index (χ1) is 10.1. The fraction of sp³-hybridized carbons (Fsp3) is 0.267. The molecule has 5 nitrogen and oxygen atoms in total. The Morgan fingerprint density at radius 2 is 1.90 bits per heavy atom. The third-order valence-electron chi connectivity index (χ3n) is 3.04. The maximum Gasteiger partial charge on any atom is 0.174 e. The number of pyridine rings is 1. The van der Waals surface area contributed by atoms with Crippen molar-refractivity contribution in [3.63, 3.8) is 0 Å². The molecule has 0 spiro atoms. The molecule has 0 radical (unpaired) electrons. The molecule has 0 unspecified atom stereocenters. The summed E-state index contributed by atoms with van der Waals surface area (Å²) in [5, 5.41) is 18.2. The number of benzene rings is 1. The monoisotopic (exact) mass is 348 g/mol. The molecule has 0 saturated carbocycles. The molecule has 0 amide bonds. The summed E-state index contributed by atoms with van der Waals surface area (Å²) in [5.74, 6) is 0.787. The Labute approximate surface area is 132 Å². The summed E-state index contributed by atoms with van der Waals surface area (Å²) >= 11 is 3.32. The molecule has 0 aliphatic carbocycles. The largest absolute Gasteiger partial charge is 0.506 e. The normalized spacial score (nSPS) is 11.0. The molecule has 0 saturated heterocycles. The highest BCUT2D eigenvalue weighted by atomic mass is 79.9. The van der Waals surface area contributed by atoms with Gasteiger partial charge in [0.1, 0.15) is 5.75 Å². The van der Waals surface area contributed by atoms with Crippen LogP contribution in [0.15, 0.2) is 51.2 Å². The van der Waals surface area contributed by atoms with E-state index in [2.05, 4.69) is 36.0 Å². The van der Waals surface area contributed by atoms with E-state index in [1.807, 2.05) is 26.0 Å². The van der Waals surface area contributed by atoms with E-state index in [1.165, 1.54) is 0 Å². The van der Waals surface area contributed by atoms with Gasteiger partial charge in [0.25, 0.3) is 0 Å². The first-order valence-electron chi connectivity index (χ1n) is 6.75. The molecule has 110 valence electrons. The molecule has 2 aromatic rings. The van der Waals surface area contributed by atoms with E-state index in [9.17, 15) is 5.11 Å². The van der Waals surface area contributed by atoms with E-state index < -0.39 is 0 Å². The average Bonchev–Trinajstić information content (AvgIpc) is 2.50. The van der Waals surface area contributed by atoms with Gasteiger partial charge < -0.3 is 10.0 Å². The number of hydrogen-bond acceptors (Lipinski definition) is 5. The van der Waals surface area contributed by atoms with Gasteiger partial charge in [0.05, 0.1) is 11.4 Å². The van der Waals surface area contributed by atoms with Crippen molar-refractivity contribution in [2.24, 2.45) is 10.2 Å². The number of halogens is 1. The average molecular weight is 349 g/mol. The van der Waals surface area contributed by atoms with Gasteiger partial charge in [0, 0.05) is 23.8 Å². The molecule has 1 heterocycles. The van der Waals surface area contributed by atoms with Crippen LogP contribution in [0.1, 0.15) is 13.8 Å². The Morgan fingerprint density at radius 1 is 1.14 bits per heavy atom. The third kappa shape index (κ3) is 4.01. The van der Waals surface area contributed by atoms with Crippen LogP contribution in [0.5, 0.6) is 5.75 Å². The molecule has 0 fully saturated rings. The van der Waals surface area contributed by atoms with Gasteiger partial charge in [-0.25, -0.2) is 4.98 Å². The molecule has 0 bridgehead atoms. The quantitative estimate of drug-likeness (QED) is 0.788. The highest BCUT2D eigenvalue weighted by Crippen LogP contribution is 2.32. The number of anilines is 1. The third-order valence-corrected chi connectivity index (χ3v) is 3.51. The number of rotatable bonds is 5. The lowest BCUT2D eigenvalue weighted by Crippen LogP contribution is -2.21. The van der Waals surface area contributed by atoms with E-state index in [1.54, 1.807) is 24.4 Å². The fourth-order valence-electron chi connectivity index (χ4n) is 1.93. The van der Waals surface area contributed by atoms with Crippen molar-refractivity contribution in [1.82, 2.24) is 4.98 Å². The molecule has 21 heavy (non-hydrogen) atoms. The van der Waals surface area contributed by atoms with Crippen molar-refractivity contribution in [1.29, 1.82) is 0 Å². The number of phenolic OH excluding ortho intramolecular Hbond substituents is 1. The van der Waals surface area contributed by atoms with Crippen LogP contribution in [0.2, 0.25) is 0 Å². The lowest BCUT2D eigenvalue weighted by Gasteiger charge is -2.22. The van der Waals surface area contributed by atoms with Gasteiger partial charge in [-0.3, -0.25) is 0 Å². The van der Waals surface area contributed by atoms with Gasteiger partial charge >= 0.3 is 0 Å². The van der Waals surface area contributed by atoms with E-state index >= 15 is 0 Å². The zero-order valence-corrected chi connectivity index (χ0v) is 13.6. The van der Waals surface area contributed by atoms with Crippen molar-refractivity contribution < 1.29 is 5.11 Å². The van der Waals surface area contributed by atoms with Crippen LogP contribution in [0, 0.1) is 0 Å². The molecular formula is C15H17BrN4O. The zero-order chi connectivity index (χ0) is 15.2. The number of phenols is 1. The second-order valence-electron chi connectivity index (χ2n) is 4.38. The highest BCUT2D eigenvalue weighted by molar-refractivity contribution is 9.10. The second kappa shape index (κ2) is 7.17. The predicted octanol–water partition coefficient (Wildman–Crippen LogP) is 4.81. The number of aromatic hydroxyl groups is 1. The van der Waals surface area contributed by atoms with Crippen molar-refractivity contribution in [2.45, 2.75) is 13.8 Å². The van der Waals surface area contributed by atoms with Crippen LogP contribution in [-0.2, 0) is 0 Å². The summed E-state index contributed by atoms with van der Waals surface area (Å²) in [4.78, 5) is 6.20. The van der Waals surface area contributed by atoms with Crippen LogP contribution in [0.25, 0.3) is 0 Å². The smallest absolute Gasteiger partial charge is 0.174 e. The SMILES string of the molecule is CCN(CC)c1cc(N=Nc2ccc(Br)cn2)ccc1O. The number of azo groups is 1. The number of nitrogens with zero attached hydrogens (tertiary/aromatic N) is 4. The van der Waals surface area contributed by atoms with E-state index in [0.29, 0.717) is 11.5 Å². The Kier molecular flexibility index (Phi) is 5.27. The molecule has 0 aliphatic heterocycles. The van der Waals surface area contributed by atoms with Crippen LogP contribution in [0.4, 0.5) is 17.2 Å². The molecular weight excluding hydrogens is 332 g/mol. The van der Waals surface area contributed by atoms with Crippen LogP contribution in [0.3, 0.4) is 0 Å². The minimum absolute atomic E-state index is 0.249. The summed E-state index contributed by atoms with van der Waals surface area (Å²) in [6.07, 6.45) is 1.67. The van der Waals surface area contributed by atoms with Crippen molar-refractivity contribution in [3.05, 3.63) is 41.0 Å². The summed E-state index contributed by atoms with van der Waals surface area (Å²) in [6.45, 7) is 5.73. The summed E-state index contributed by atoms with van der Waals surface area (Å²) in [6, 6.07) is 8.82. The minimum atomic E-state index is 0.249. The van der Waals surface area contributed by atoms with Crippen molar-refractivity contribution in [3.8, 4) is 5.75 Å². The van der Waals surface area contributed by atoms with E-state index in [4.69, 9.17) is 0 Å². The number of hydrogen-bond donors (Lipinski definition) is 1. The molecule has 2 rings (SSSR count). The molecule has 1 aromatic heterocycles. The van der Waals surface area contributed by atoms with Gasteiger partial charge in [0.2, 0.25) is 0 Å². The Balaban J connectivity index is 2.24. The van der Waals surface area contributed by atoms with Gasteiger partial charge in [0.15, 0.2) is 5.82 Å². The van der Waals surface area contributed by atoms with Gasteiger partial charge in [-0.2, -0.15) is 0 Å². The fourth-order valence-corrected chi connectivity index (χ4v) is 2.16. The zero-order valence-electron chi connectivity index (χ0n) is 12.0. The molecule has 1 N–H and O–H groups in total. The Hall–Kier alpha value is -1.95. The standard InChI is InChI=1S/C15H17BrN4O/c1-3-20(4-2)13-9-12(6-7-14(13)21)18-19-15-8-5-11(16)10-17-15/h5-10,21H,3-4H2,1-2H3. The topological polar surface area (TPSA) is 61.1 Å². The van der Waals surface area contributed by atoms with E-state index in [0.717, 1.165) is 23.2 Å². The molecule has 0 aliphatic rings. The lowest BCUT2D eigenvalue weighted by molar-refractivity contribution is 0.474. The molecule has 6 heteroatoms. The summed E-state index contributed by atoms with van der Waals surface area (Å²) in [7, 11) is 0. The maximum absolute atomic E-state index is 9.95. The van der Waals surface area contributed by atoms with Gasteiger partial charge in [-0.05, 0) is 60.1 Å². The maximum atomic E-state index is 9.95. The molecule has 0 atom stereocenters. The Morgan fingerprint density at radius 3 is 2.52 bits per heavy atom. The minimum Gasteiger partial charge on any atom is -0.506 e. The van der Waals surface area contributed by atoms with Gasteiger partial charge in [-0.15, -0.1) is 10.2 Å². The first-order valence-corrected chi connectivity index (χ1v) is 7.54.